The largest absolute Gasteiger partial charge is 0.385 e. The Kier molecular flexibility index (Phi) is 11.3. The number of likely N-dealkylation sites (tertiary alicyclic amines) is 1. The molecule has 212 valence electrons. The normalized spacial score (nSPS) is 18.2. The van der Waals surface area contributed by atoms with Gasteiger partial charge in [0.1, 0.15) is 5.70 Å². The van der Waals surface area contributed by atoms with Crippen LogP contribution in [0, 0.1) is 17.2 Å². The first-order chi connectivity index (χ1) is 19.6. The van der Waals surface area contributed by atoms with Crippen molar-refractivity contribution in [3.63, 3.8) is 0 Å². The van der Waals surface area contributed by atoms with Crippen LogP contribution in [-0.4, -0.2) is 63.0 Å². The predicted molar refractivity (Wildman–Crippen MR) is 153 cm³/mol. The number of ketones is 2. The Balaban J connectivity index is 1.34. The Hall–Kier alpha value is -3.51. The maximum absolute atomic E-state index is 12.8. The van der Waals surface area contributed by atoms with Crippen LogP contribution in [-0.2, 0) is 25.6 Å². The van der Waals surface area contributed by atoms with E-state index in [1.165, 1.54) is 0 Å². The molecular formula is C32H40N4O4. The molecule has 1 aliphatic carbocycles. The van der Waals surface area contributed by atoms with Crippen LogP contribution in [0.1, 0.15) is 54.9 Å². The summed E-state index contributed by atoms with van der Waals surface area (Å²) >= 11 is 0. The van der Waals surface area contributed by atoms with E-state index in [-0.39, 0.29) is 24.2 Å². The molecule has 8 nitrogen and oxygen atoms in total. The molecule has 4 rings (SSSR count). The second-order valence-corrected chi connectivity index (χ2v) is 10.4. The molecule has 2 atom stereocenters. The summed E-state index contributed by atoms with van der Waals surface area (Å²) in [6, 6.07) is 20.0. The molecule has 0 amide bonds. The SMILES string of the molecule is COCCCOC(c1ccccc1)C1CCCN(C2=C(NCCCNCc3ccc(C#N)cc3)C(=O)C(=O)C2)C1. The number of carbonyl (C=O) groups excluding carboxylic acids is 2. The van der Waals surface area contributed by atoms with Crippen molar-refractivity contribution < 1.29 is 19.1 Å². The first-order valence-corrected chi connectivity index (χ1v) is 14.3. The Bertz CT molecular complexity index is 1190. The highest BCUT2D eigenvalue weighted by molar-refractivity contribution is 6.46. The standard InChI is InChI=1S/C32H40N4O4/c1-39-18-7-19-40-32(26-8-3-2-4-9-26)27-10-5-17-36(23-27)28-20-29(37)31(38)30(28)35-16-6-15-34-22-25-13-11-24(21-33)12-14-25/h2-4,8-9,11-14,27,32,34-35H,5-7,10,15-20,22-23H2,1H3. The lowest BCUT2D eigenvalue weighted by Crippen LogP contribution is -2.39. The average molecular weight is 545 g/mol. The van der Waals surface area contributed by atoms with Crippen molar-refractivity contribution in [2.45, 2.75) is 44.8 Å². The van der Waals surface area contributed by atoms with E-state index in [1.807, 2.05) is 42.5 Å². The van der Waals surface area contributed by atoms with Gasteiger partial charge in [-0.3, -0.25) is 9.59 Å². The van der Waals surface area contributed by atoms with Crippen molar-refractivity contribution in [1.29, 1.82) is 5.26 Å². The number of ether oxygens (including phenoxy) is 2. The van der Waals surface area contributed by atoms with E-state index < -0.39 is 5.78 Å². The molecule has 2 aromatic carbocycles. The van der Waals surface area contributed by atoms with Crippen LogP contribution in [0.25, 0.3) is 0 Å². The zero-order valence-electron chi connectivity index (χ0n) is 23.4. The van der Waals surface area contributed by atoms with E-state index in [9.17, 15) is 9.59 Å². The molecule has 1 aliphatic heterocycles. The van der Waals surface area contributed by atoms with Gasteiger partial charge in [-0.2, -0.15) is 5.26 Å². The van der Waals surface area contributed by atoms with Gasteiger partial charge in [-0.1, -0.05) is 42.5 Å². The molecule has 0 bridgehead atoms. The minimum absolute atomic E-state index is 0.0483. The molecule has 0 spiro atoms. The molecule has 0 saturated carbocycles. The number of benzene rings is 2. The Morgan fingerprint density at radius 1 is 1.05 bits per heavy atom. The van der Waals surface area contributed by atoms with Crippen LogP contribution in [0.4, 0.5) is 0 Å². The molecule has 2 unspecified atom stereocenters. The summed E-state index contributed by atoms with van der Waals surface area (Å²) in [7, 11) is 1.70. The van der Waals surface area contributed by atoms with Gasteiger partial charge in [0.25, 0.3) is 0 Å². The second kappa shape index (κ2) is 15.3. The van der Waals surface area contributed by atoms with Gasteiger partial charge in [-0.05, 0) is 55.5 Å². The van der Waals surface area contributed by atoms with Gasteiger partial charge < -0.3 is 25.0 Å². The molecule has 1 heterocycles. The maximum atomic E-state index is 12.8. The van der Waals surface area contributed by atoms with Crippen LogP contribution >= 0.6 is 0 Å². The minimum Gasteiger partial charge on any atom is -0.385 e. The molecular weight excluding hydrogens is 504 g/mol. The number of piperidine rings is 1. The number of nitrogens with zero attached hydrogens (tertiary/aromatic N) is 2. The molecule has 8 heteroatoms. The maximum Gasteiger partial charge on any atom is 0.246 e. The van der Waals surface area contributed by atoms with Gasteiger partial charge in [-0.25, -0.2) is 0 Å². The lowest BCUT2D eigenvalue weighted by Gasteiger charge is -2.39. The summed E-state index contributed by atoms with van der Waals surface area (Å²) in [6.45, 7) is 4.94. The van der Waals surface area contributed by atoms with Crippen molar-refractivity contribution in [2.24, 2.45) is 5.92 Å². The summed E-state index contributed by atoms with van der Waals surface area (Å²) in [5, 5.41) is 15.6. The van der Waals surface area contributed by atoms with E-state index >= 15 is 0 Å². The average Bonchev–Trinajstić information content (AvgIpc) is 3.28. The van der Waals surface area contributed by atoms with Gasteiger partial charge in [0, 0.05) is 58.1 Å². The van der Waals surface area contributed by atoms with E-state index in [1.54, 1.807) is 7.11 Å². The highest BCUT2D eigenvalue weighted by Crippen LogP contribution is 2.36. The summed E-state index contributed by atoms with van der Waals surface area (Å²) in [6.07, 6.45) is 3.77. The predicted octanol–water partition coefficient (Wildman–Crippen LogP) is 3.89. The minimum atomic E-state index is -0.405. The zero-order valence-corrected chi connectivity index (χ0v) is 23.4. The molecule has 0 aromatic heterocycles. The summed E-state index contributed by atoms with van der Waals surface area (Å²) in [5.74, 6) is -0.489. The van der Waals surface area contributed by atoms with Crippen LogP contribution < -0.4 is 10.6 Å². The number of carbonyl (C=O) groups is 2. The van der Waals surface area contributed by atoms with Crippen LogP contribution in [0.3, 0.4) is 0 Å². The summed E-state index contributed by atoms with van der Waals surface area (Å²) in [4.78, 5) is 27.5. The summed E-state index contributed by atoms with van der Waals surface area (Å²) in [5.41, 5.74) is 4.22. The van der Waals surface area contributed by atoms with E-state index in [0.29, 0.717) is 37.6 Å². The van der Waals surface area contributed by atoms with Crippen LogP contribution in [0.5, 0.6) is 0 Å². The van der Waals surface area contributed by atoms with Gasteiger partial charge in [0.05, 0.1) is 24.2 Å². The van der Waals surface area contributed by atoms with E-state index in [4.69, 9.17) is 14.7 Å². The number of hydrogen-bond donors (Lipinski definition) is 2. The lowest BCUT2D eigenvalue weighted by molar-refractivity contribution is -0.133. The van der Waals surface area contributed by atoms with Gasteiger partial charge in [-0.15, -0.1) is 0 Å². The quantitative estimate of drug-likeness (QED) is 0.257. The first-order valence-electron chi connectivity index (χ1n) is 14.3. The zero-order chi connectivity index (χ0) is 28.2. The molecule has 2 N–H and O–H groups in total. The van der Waals surface area contributed by atoms with Crippen molar-refractivity contribution >= 4 is 11.6 Å². The third-order valence-corrected chi connectivity index (χ3v) is 7.53. The smallest absolute Gasteiger partial charge is 0.246 e. The molecule has 2 aliphatic rings. The number of hydrogen-bond acceptors (Lipinski definition) is 8. The first kappa shape index (κ1) is 29.5. The Morgan fingerprint density at radius 2 is 1.85 bits per heavy atom. The van der Waals surface area contributed by atoms with Crippen molar-refractivity contribution in [2.75, 3.05) is 46.5 Å². The van der Waals surface area contributed by atoms with Gasteiger partial charge in [0.15, 0.2) is 0 Å². The Morgan fingerprint density at radius 3 is 2.60 bits per heavy atom. The van der Waals surface area contributed by atoms with Crippen LogP contribution in [0.2, 0.25) is 0 Å². The number of methoxy groups -OCH3 is 1. The van der Waals surface area contributed by atoms with E-state index in [0.717, 1.165) is 62.1 Å². The number of allylic oxidation sites excluding steroid dienone is 2. The third kappa shape index (κ3) is 8.01. The topological polar surface area (TPSA) is 104 Å². The number of nitriles is 1. The van der Waals surface area contributed by atoms with Gasteiger partial charge >= 0.3 is 0 Å². The number of Topliss-reactive ketones (excluding diaryl/α,β-unsaturated/α-hetero) is 2. The summed E-state index contributed by atoms with van der Waals surface area (Å²) < 4.78 is 11.6. The molecule has 2 aromatic rings. The molecule has 0 radical (unpaired) electrons. The highest BCUT2D eigenvalue weighted by Gasteiger charge is 2.37. The van der Waals surface area contributed by atoms with Crippen molar-refractivity contribution in [1.82, 2.24) is 15.5 Å². The fourth-order valence-corrected chi connectivity index (χ4v) is 5.46. The van der Waals surface area contributed by atoms with Crippen LogP contribution in [0.15, 0.2) is 66.0 Å². The highest BCUT2D eigenvalue weighted by atomic mass is 16.5. The molecule has 1 fully saturated rings. The Labute approximate surface area is 237 Å². The van der Waals surface area contributed by atoms with Crippen molar-refractivity contribution in [3.05, 3.63) is 82.7 Å². The second-order valence-electron chi connectivity index (χ2n) is 10.4. The fraction of sp³-hybridized carbons (Fsp3) is 0.469. The number of nitrogens with one attached hydrogen (secondary N) is 2. The molecule has 1 saturated heterocycles. The third-order valence-electron chi connectivity index (χ3n) is 7.53. The lowest BCUT2D eigenvalue weighted by atomic mass is 9.88. The van der Waals surface area contributed by atoms with E-state index in [2.05, 4.69) is 33.7 Å². The molecule has 40 heavy (non-hydrogen) atoms. The monoisotopic (exact) mass is 544 g/mol. The van der Waals surface area contributed by atoms with Crippen molar-refractivity contribution in [3.8, 4) is 6.07 Å². The van der Waals surface area contributed by atoms with Gasteiger partial charge in [0.2, 0.25) is 11.6 Å². The fourth-order valence-electron chi connectivity index (χ4n) is 5.46. The number of rotatable bonds is 15.